The number of nitrogens with one attached hydrogen (secondary N) is 1. The lowest BCUT2D eigenvalue weighted by molar-refractivity contribution is -0.134. The number of rotatable bonds is 5. The SMILES string of the molecule is CCN(CC)C(=O)C1C=C2c3cccc4c3c(c(Br)n4C(=O)CNC)CC2N(C)C1. The Morgan fingerprint density at radius 2 is 2.00 bits per heavy atom. The normalized spacial score (nSPS) is 20.8. The second kappa shape index (κ2) is 8.29. The van der Waals surface area contributed by atoms with Gasteiger partial charge in [0, 0.05) is 31.1 Å². The number of carbonyl (C=O) groups is 2. The zero-order valence-electron chi connectivity index (χ0n) is 18.0. The van der Waals surface area contributed by atoms with Gasteiger partial charge in [-0.1, -0.05) is 18.2 Å². The minimum absolute atomic E-state index is 0.0135. The molecule has 1 aliphatic heterocycles. The van der Waals surface area contributed by atoms with Crippen LogP contribution in [0.5, 0.6) is 0 Å². The van der Waals surface area contributed by atoms with Crippen LogP contribution < -0.4 is 5.32 Å². The van der Waals surface area contributed by atoms with Gasteiger partial charge in [-0.05, 0) is 73.1 Å². The molecule has 30 heavy (non-hydrogen) atoms. The van der Waals surface area contributed by atoms with E-state index in [1.54, 1.807) is 11.6 Å². The van der Waals surface area contributed by atoms with Crippen molar-refractivity contribution in [3.63, 3.8) is 0 Å². The van der Waals surface area contributed by atoms with Crippen molar-refractivity contribution in [3.8, 4) is 0 Å². The summed E-state index contributed by atoms with van der Waals surface area (Å²) in [6.07, 6.45) is 3.01. The molecule has 6 nitrogen and oxygen atoms in total. The van der Waals surface area contributed by atoms with Crippen molar-refractivity contribution in [2.24, 2.45) is 5.92 Å². The molecule has 2 aliphatic rings. The fourth-order valence-corrected chi connectivity index (χ4v) is 5.74. The van der Waals surface area contributed by atoms with E-state index >= 15 is 0 Å². The maximum atomic E-state index is 13.1. The molecule has 160 valence electrons. The van der Waals surface area contributed by atoms with Crippen LogP contribution in [0.2, 0.25) is 0 Å². The summed E-state index contributed by atoms with van der Waals surface area (Å²) < 4.78 is 2.63. The van der Waals surface area contributed by atoms with Gasteiger partial charge in [-0.15, -0.1) is 0 Å². The fourth-order valence-electron chi connectivity index (χ4n) is 4.99. The largest absolute Gasteiger partial charge is 0.343 e. The van der Waals surface area contributed by atoms with Crippen molar-refractivity contribution >= 4 is 44.2 Å². The Labute approximate surface area is 186 Å². The van der Waals surface area contributed by atoms with Gasteiger partial charge in [0.15, 0.2) is 0 Å². The van der Waals surface area contributed by atoms with Crippen molar-refractivity contribution in [1.29, 1.82) is 0 Å². The number of likely N-dealkylation sites (N-methyl/N-ethyl adjacent to an activating group) is 2. The number of carbonyl (C=O) groups excluding carboxylic acids is 2. The zero-order chi connectivity index (χ0) is 21.6. The monoisotopic (exact) mass is 472 g/mol. The zero-order valence-corrected chi connectivity index (χ0v) is 19.6. The first-order valence-corrected chi connectivity index (χ1v) is 11.4. The summed E-state index contributed by atoms with van der Waals surface area (Å²) >= 11 is 3.72. The van der Waals surface area contributed by atoms with E-state index in [-0.39, 0.29) is 30.3 Å². The van der Waals surface area contributed by atoms with Crippen LogP contribution in [-0.4, -0.2) is 72.5 Å². The maximum absolute atomic E-state index is 13.1. The van der Waals surface area contributed by atoms with Gasteiger partial charge in [-0.2, -0.15) is 0 Å². The topological polar surface area (TPSA) is 57.6 Å². The summed E-state index contributed by atoms with van der Waals surface area (Å²) in [4.78, 5) is 30.1. The molecule has 0 fully saturated rings. The number of fused-ring (bicyclic) bond motifs is 2. The van der Waals surface area contributed by atoms with Crippen LogP contribution in [0, 0.1) is 5.92 Å². The van der Waals surface area contributed by atoms with Crippen LogP contribution in [0.3, 0.4) is 0 Å². The molecule has 2 unspecified atom stereocenters. The van der Waals surface area contributed by atoms with Crippen LogP contribution in [0.15, 0.2) is 28.9 Å². The van der Waals surface area contributed by atoms with Gasteiger partial charge in [0.2, 0.25) is 11.8 Å². The van der Waals surface area contributed by atoms with Gasteiger partial charge in [0.1, 0.15) is 0 Å². The smallest absolute Gasteiger partial charge is 0.245 e. The highest BCUT2D eigenvalue weighted by Crippen LogP contribution is 2.44. The predicted molar refractivity (Wildman–Crippen MR) is 124 cm³/mol. The van der Waals surface area contributed by atoms with Crippen LogP contribution in [0.4, 0.5) is 0 Å². The van der Waals surface area contributed by atoms with Crippen LogP contribution in [-0.2, 0) is 11.2 Å². The molecule has 0 radical (unpaired) electrons. The molecule has 1 aliphatic carbocycles. The lowest BCUT2D eigenvalue weighted by Gasteiger charge is -2.40. The highest BCUT2D eigenvalue weighted by molar-refractivity contribution is 9.10. The highest BCUT2D eigenvalue weighted by atomic mass is 79.9. The lowest BCUT2D eigenvalue weighted by Crippen LogP contribution is -2.47. The van der Waals surface area contributed by atoms with Crippen molar-refractivity contribution in [1.82, 2.24) is 19.7 Å². The van der Waals surface area contributed by atoms with E-state index in [4.69, 9.17) is 0 Å². The van der Waals surface area contributed by atoms with Crippen molar-refractivity contribution < 1.29 is 9.59 Å². The van der Waals surface area contributed by atoms with E-state index < -0.39 is 0 Å². The molecule has 1 amide bonds. The van der Waals surface area contributed by atoms with E-state index in [1.165, 1.54) is 11.1 Å². The Morgan fingerprint density at radius 1 is 1.27 bits per heavy atom. The van der Waals surface area contributed by atoms with Crippen molar-refractivity contribution in [2.75, 3.05) is 40.3 Å². The molecule has 1 aromatic carbocycles. The molecule has 0 saturated carbocycles. The van der Waals surface area contributed by atoms with Gasteiger partial charge in [-0.3, -0.25) is 19.1 Å². The minimum Gasteiger partial charge on any atom is -0.343 e. The summed E-state index contributed by atoms with van der Waals surface area (Å²) in [5.41, 5.74) is 4.44. The number of hydrogen-bond acceptors (Lipinski definition) is 4. The van der Waals surface area contributed by atoms with E-state index in [9.17, 15) is 9.59 Å². The standard InChI is InChI=1S/C23H29BrN4O2/c1-5-27(6-2)23(30)14-10-16-15-8-7-9-18-21(15)17(11-19(16)26(4)13-14)22(24)28(18)20(29)12-25-3/h7-10,14,19,25H,5-6,11-13H2,1-4H3. The highest BCUT2D eigenvalue weighted by Gasteiger charge is 2.38. The molecule has 0 bridgehead atoms. The first-order valence-electron chi connectivity index (χ1n) is 10.6. The molecule has 7 heteroatoms. The molecule has 4 rings (SSSR count). The minimum atomic E-state index is -0.144. The Bertz CT molecular complexity index is 1040. The maximum Gasteiger partial charge on any atom is 0.245 e. The first kappa shape index (κ1) is 21.3. The van der Waals surface area contributed by atoms with Crippen molar-refractivity contribution in [3.05, 3.63) is 40.0 Å². The van der Waals surface area contributed by atoms with Crippen LogP contribution in [0.1, 0.15) is 29.8 Å². The fraction of sp³-hybridized carbons (Fsp3) is 0.478. The van der Waals surface area contributed by atoms with Gasteiger partial charge >= 0.3 is 0 Å². The molecule has 2 aromatic rings. The molecule has 1 N–H and O–H groups in total. The third kappa shape index (κ3) is 3.24. The van der Waals surface area contributed by atoms with Crippen molar-refractivity contribution in [2.45, 2.75) is 26.3 Å². The van der Waals surface area contributed by atoms with E-state index in [0.717, 1.165) is 40.6 Å². The number of hydrogen-bond donors (Lipinski definition) is 1. The van der Waals surface area contributed by atoms with Gasteiger partial charge < -0.3 is 10.2 Å². The van der Waals surface area contributed by atoms with Gasteiger partial charge in [-0.25, -0.2) is 0 Å². The first-order chi connectivity index (χ1) is 14.4. The molecule has 2 atom stereocenters. The summed E-state index contributed by atoms with van der Waals surface area (Å²) in [5.74, 6) is 0.0627. The molecular formula is C23H29BrN4O2. The molecule has 1 aromatic heterocycles. The van der Waals surface area contributed by atoms with E-state index in [2.05, 4.69) is 45.3 Å². The van der Waals surface area contributed by atoms with E-state index in [0.29, 0.717) is 6.54 Å². The Balaban J connectivity index is 1.86. The third-order valence-corrected chi connectivity index (χ3v) is 7.30. The number of nitrogens with zero attached hydrogens (tertiary/aromatic N) is 3. The summed E-state index contributed by atoms with van der Waals surface area (Å²) in [6, 6.07) is 6.35. The number of amides is 1. The molecular weight excluding hydrogens is 444 g/mol. The Morgan fingerprint density at radius 3 is 2.67 bits per heavy atom. The Kier molecular flexibility index (Phi) is 5.88. The summed E-state index contributed by atoms with van der Waals surface area (Å²) in [6.45, 7) is 6.50. The quantitative estimate of drug-likeness (QED) is 0.726. The third-order valence-electron chi connectivity index (χ3n) is 6.47. The van der Waals surface area contributed by atoms with Gasteiger partial charge in [0.25, 0.3) is 0 Å². The van der Waals surface area contributed by atoms with E-state index in [1.807, 2.05) is 30.9 Å². The molecule has 0 spiro atoms. The number of aromatic nitrogens is 1. The second-order valence-electron chi connectivity index (χ2n) is 8.13. The second-order valence-corrected chi connectivity index (χ2v) is 8.88. The lowest BCUT2D eigenvalue weighted by atomic mass is 9.79. The summed E-state index contributed by atoms with van der Waals surface area (Å²) in [7, 11) is 3.88. The van der Waals surface area contributed by atoms with Crippen LogP contribution in [0.25, 0.3) is 16.5 Å². The number of halogens is 1. The predicted octanol–water partition coefficient (Wildman–Crippen LogP) is 3.00. The Hall–Kier alpha value is -1.96. The number of benzene rings is 1. The summed E-state index contributed by atoms with van der Waals surface area (Å²) in [5, 5.41) is 4.08. The molecule has 0 saturated heterocycles. The van der Waals surface area contributed by atoms with Gasteiger partial charge in [0.05, 0.1) is 22.6 Å². The van der Waals surface area contributed by atoms with Crippen LogP contribution >= 0.6 is 15.9 Å². The average molecular weight is 473 g/mol. The average Bonchev–Trinajstić information content (AvgIpc) is 3.02. The molecule has 2 heterocycles.